The number of halogens is 2. The number of hydrogen-bond donors (Lipinski definition) is 2. The van der Waals surface area contributed by atoms with E-state index in [4.69, 9.17) is 27.9 Å². The first-order valence-corrected chi connectivity index (χ1v) is 11.9. The molecule has 0 aliphatic carbocycles. The normalized spacial score (nSPS) is 11.1. The molecule has 0 saturated carbocycles. The summed E-state index contributed by atoms with van der Waals surface area (Å²) in [4.78, 5) is 25.0. The SMILES string of the molecule is COC(=O)C(c1ccc(Cl)cc1)(c1ccc(Cl)cc1)c1ccc([N+](=O)[O-])c(NCc2cccc(O)c2)c1. The first-order valence-electron chi connectivity index (χ1n) is 11.2. The molecule has 0 aliphatic heterocycles. The van der Waals surface area contributed by atoms with Gasteiger partial charge in [-0.2, -0.15) is 0 Å². The van der Waals surface area contributed by atoms with Gasteiger partial charge in [0.1, 0.15) is 16.9 Å². The number of rotatable bonds is 8. The molecule has 4 aromatic carbocycles. The van der Waals surface area contributed by atoms with Crippen molar-refractivity contribution in [2.75, 3.05) is 12.4 Å². The number of esters is 1. The fourth-order valence-electron chi connectivity index (χ4n) is 4.34. The van der Waals surface area contributed by atoms with Gasteiger partial charge in [-0.25, -0.2) is 0 Å². The Morgan fingerprint density at radius 1 is 0.919 bits per heavy atom. The van der Waals surface area contributed by atoms with Crippen molar-refractivity contribution in [3.8, 4) is 5.75 Å². The van der Waals surface area contributed by atoms with Gasteiger partial charge >= 0.3 is 5.97 Å². The van der Waals surface area contributed by atoms with E-state index in [2.05, 4.69) is 5.32 Å². The molecular formula is C28H22Cl2N2O5. The summed E-state index contributed by atoms with van der Waals surface area (Å²) in [6.45, 7) is 0.200. The molecule has 0 aromatic heterocycles. The average Bonchev–Trinajstić information content (AvgIpc) is 2.89. The summed E-state index contributed by atoms with van der Waals surface area (Å²) in [5, 5.41) is 25.7. The van der Waals surface area contributed by atoms with E-state index in [0.717, 1.165) is 0 Å². The van der Waals surface area contributed by atoms with Crippen LogP contribution >= 0.6 is 23.2 Å². The molecule has 0 aliphatic rings. The van der Waals surface area contributed by atoms with Gasteiger partial charge in [0.15, 0.2) is 0 Å². The monoisotopic (exact) mass is 536 g/mol. The Bertz CT molecular complexity index is 1390. The minimum Gasteiger partial charge on any atom is -0.508 e. The number of phenols is 1. The standard InChI is InChI=1S/C28H22Cl2N2O5/c1-37-27(34)28(19-5-10-22(29)11-6-19,20-7-12-23(30)13-8-20)21-9-14-26(32(35)36)25(16-21)31-17-18-3-2-4-24(33)15-18/h2-16,31,33H,17H2,1H3. The molecule has 2 N–H and O–H groups in total. The van der Waals surface area contributed by atoms with Crippen LogP contribution < -0.4 is 5.32 Å². The summed E-state index contributed by atoms with van der Waals surface area (Å²) in [7, 11) is 1.29. The predicted molar refractivity (Wildman–Crippen MR) is 143 cm³/mol. The van der Waals surface area contributed by atoms with Crippen molar-refractivity contribution in [2.24, 2.45) is 0 Å². The van der Waals surface area contributed by atoms with E-state index < -0.39 is 16.3 Å². The molecule has 4 aromatic rings. The van der Waals surface area contributed by atoms with Crippen LogP contribution in [0.3, 0.4) is 0 Å². The molecule has 0 amide bonds. The summed E-state index contributed by atoms with van der Waals surface area (Å²) >= 11 is 12.3. The first-order chi connectivity index (χ1) is 17.7. The molecule has 0 bridgehead atoms. The number of hydrogen-bond acceptors (Lipinski definition) is 6. The van der Waals surface area contributed by atoms with Gasteiger partial charge in [0.25, 0.3) is 5.69 Å². The average molecular weight is 537 g/mol. The Kier molecular flexibility index (Phi) is 7.66. The molecular weight excluding hydrogens is 515 g/mol. The summed E-state index contributed by atoms with van der Waals surface area (Å²) in [5.41, 5.74) is 0.803. The molecule has 0 fully saturated rings. The van der Waals surface area contributed by atoms with E-state index in [1.165, 1.54) is 25.3 Å². The fraction of sp³-hybridized carbons (Fsp3) is 0.107. The van der Waals surface area contributed by atoms with E-state index in [1.807, 2.05) is 0 Å². The number of phenolic OH excluding ortho intramolecular Hbond substituents is 1. The van der Waals surface area contributed by atoms with Gasteiger partial charge < -0.3 is 15.2 Å². The van der Waals surface area contributed by atoms with Crippen LogP contribution in [0.2, 0.25) is 10.0 Å². The highest BCUT2D eigenvalue weighted by Gasteiger charge is 2.46. The zero-order valence-electron chi connectivity index (χ0n) is 19.7. The molecule has 188 valence electrons. The van der Waals surface area contributed by atoms with E-state index in [0.29, 0.717) is 32.3 Å². The van der Waals surface area contributed by atoms with Gasteiger partial charge in [0, 0.05) is 22.7 Å². The first kappa shape index (κ1) is 26.0. The van der Waals surface area contributed by atoms with Crippen molar-refractivity contribution in [3.63, 3.8) is 0 Å². The van der Waals surface area contributed by atoms with Gasteiger partial charge in [-0.1, -0.05) is 65.7 Å². The summed E-state index contributed by atoms with van der Waals surface area (Å²) < 4.78 is 5.31. The number of aromatic hydroxyl groups is 1. The van der Waals surface area contributed by atoms with Gasteiger partial charge in [-0.15, -0.1) is 0 Å². The van der Waals surface area contributed by atoms with E-state index in [-0.39, 0.29) is 23.7 Å². The zero-order valence-corrected chi connectivity index (χ0v) is 21.2. The molecule has 9 heteroatoms. The smallest absolute Gasteiger partial charge is 0.325 e. The van der Waals surface area contributed by atoms with Crippen molar-refractivity contribution < 1.29 is 19.6 Å². The third-order valence-electron chi connectivity index (χ3n) is 6.07. The lowest BCUT2D eigenvalue weighted by molar-refractivity contribution is -0.384. The lowest BCUT2D eigenvalue weighted by atomic mass is 9.69. The second kappa shape index (κ2) is 10.9. The third kappa shape index (κ3) is 5.23. The fourth-order valence-corrected chi connectivity index (χ4v) is 4.59. The minimum absolute atomic E-state index is 0.0812. The van der Waals surface area contributed by atoms with Crippen LogP contribution in [-0.4, -0.2) is 23.1 Å². The van der Waals surface area contributed by atoms with Crippen molar-refractivity contribution in [2.45, 2.75) is 12.0 Å². The maximum absolute atomic E-state index is 13.7. The van der Waals surface area contributed by atoms with Crippen LogP contribution in [0.25, 0.3) is 0 Å². The van der Waals surface area contributed by atoms with Crippen LogP contribution in [0.4, 0.5) is 11.4 Å². The second-order valence-corrected chi connectivity index (χ2v) is 9.14. The Hall–Kier alpha value is -4.07. The van der Waals surface area contributed by atoms with Crippen LogP contribution in [-0.2, 0) is 21.5 Å². The van der Waals surface area contributed by atoms with Crippen LogP contribution in [0.5, 0.6) is 5.75 Å². The number of carbonyl (C=O) groups is 1. The summed E-state index contributed by atoms with van der Waals surface area (Å²) in [6.07, 6.45) is 0. The van der Waals surface area contributed by atoms with E-state index in [1.54, 1.807) is 72.8 Å². The highest BCUT2D eigenvalue weighted by atomic mass is 35.5. The van der Waals surface area contributed by atoms with Crippen LogP contribution in [0.1, 0.15) is 22.3 Å². The van der Waals surface area contributed by atoms with Crippen molar-refractivity contribution >= 4 is 40.5 Å². The number of ether oxygens (including phenoxy) is 1. The highest BCUT2D eigenvalue weighted by molar-refractivity contribution is 6.30. The lowest BCUT2D eigenvalue weighted by Crippen LogP contribution is -2.39. The molecule has 0 saturated heterocycles. The number of carbonyl (C=O) groups excluding carboxylic acids is 1. The predicted octanol–water partition coefficient (Wildman–Crippen LogP) is 6.73. The quantitative estimate of drug-likeness (QED) is 0.112. The minimum atomic E-state index is -1.49. The van der Waals surface area contributed by atoms with Gasteiger partial charge in [-0.05, 0) is 64.7 Å². The van der Waals surface area contributed by atoms with Crippen molar-refractivity contribution in [3.05, 3.63) is 133 Å². The van der Waals surface area contributed by atoms with Crippen LogP contribution in [0, 0.1) is 10.1 Å². The molecule has 0 heterocycles. The van der Waals surface area contributed by atoms with E-state index >= 15 is 0 Å². The number of nitrogens with zero attached hydrogens (tertiary/aromatic N) is 1. The topological polar surface area (TPSA) is 102 Å². The van der Waals surface area contributed by atoms with Crippen molar-refractivity contribution in [1.29, 1.82) is 0 Å². The summed E-state index contributed by atoms with van der Waals surface area (Å²) in [6, 6.07) is 24.5. The Morgan fingerprint density at radius 2 is 1.49 bits per heavy atom. The molecule has 4 rings (SSSR count). The highest BCUT2D eigenvalue weighted by Crippen LogP contribution is 2.43. The Morgan fingerprint density at radius 3 is 2.00 bits per heavy atom. The maximum Gasteiger partial charge on any atom is 0.325 e. The Labute approximate surface area is 223 Å². The second-order valence-electron chi connectivity index (χ2n) is 8.27. The number of nitro benzene ring substituents is 1. The van der Waals surface area contributed by atoms with Crippen LogP contribution in [0.15, 0.2) is 91.0 Å². The molecule has 0 spiro atoms. The van der Waals surface area contributed by atoms with Gasteiger partial charge in [0.2, 0.25) is 0 Å². The molecule has 0 radical (unpaired) electrons. The largest absolute Gasteiger partial charge is 0.508 e. The third-order valence-corrected chi connectivity index (χ3v) is 6.57. The molecule has 7 nitrogen and oxygen atoms in total. The lowest BCUT2D eigenvalue weighted by Gasteiger charge is -2.33. The molecule has 0 unspecified atom stereocenters. The number of methoxy groups -OCH3 is 1. The Balaban J connectivity index is 1.94. The number of nitro groups is 1. The summed E-state index contributed by atoms with van der Waals surface area (Å²) in [5.74, 6) is -0.511. The van der Waals surface area contributed by atoms with Gasteiger partial charge in [-0.3, -0.25) is 14.9 Å². The number of nitrogens with one attached hydrogen (secondary N) is 1. The zero-order chi connectivity index (χ0) is 26.6. The van der Waals surface area contributed by atoms with E-state index in [9.17, 15) is 20.0 Å². The van der Waals surface area contributed by atoms with Crippen molar-refractivity contribution in [1.82, 2.24) is 0 Å². The molecule has 37 heavy (non-hydrogen) atoms. The van der Waals surface area contributed by atoms with Gasteiger partial charge in [0.05, 0.1) is 12.0 Å². The number of anilines is 1. The molecule has 0 atom stereocenters. The maximum atomic E-state index is 13.7. The number of benzene rings is 4.